The van der Waals surface area contributed by atoms with E-state index in [4.69, 9.17) is 0 Å². The number of rotatable bonds is 3. The number of ketones is 1. The van der Waals surface area contributed by atoms with E-state index in [-0.39, 0.29) is 5.41 Å². The Balaban J connectivity index is 2.72. The van der Waals surface area contributed by atoms with Crippen LogP contribution in [0.25, 0.3) is 0 Å². The van der Waals surface area contributed by atoms with Crippen molar-refractivity contribution in [1.82, 2.24) is 0 Å². The minimum absolute atomic E-state index is 0.147. The Bertz CT molecular complexity index is 213. The molecule has 0 aromatic rings. The molecule has 0 heterocycles. The zero-order valence-corrected chi connectivity index (χ0v) is 8.97. The molecule has 0 bridgehead atoms. The molecule has 1 aliphatic carbocycles. The SMILES string of the molecule is CCC(=O)C(C)(C)[C@@H]1C=CCCC1. The van der Waals surface area contributed by atoms with Crippen LogP contribution >= 0.6 is 0 Å². The van der Waals surface area contributed by atoms with Gasteiger partial charge in [-0.2, -0.15) is 0 Å². The summed E-state index contributed by atoms with van der Waals surface area (Å²) in [7, 11) is 0. The highest BCUT2D eigenvalue weighted by Crippen LogP contribution is 2.36. The van der Waals surface area contributed by atoms with Crippen LogP contribution in [0.2, 0.25) is 0 Å². The normalized spacial score (nSPS) is 23.2. The van der Waals surface area contributed by atoms with Crippen LogP contribution in [-0.4, -0.2) is 5.78 Å². The number of hydrogen-bond acceptors (Lipinski definition) is 1. The van der Waals surface area contributed by atoms with Crippen molar-refractivity contribution in [3.8, 4) is 0 Å². The molecule has 0 amide bonds. The third-order valence-electron chi connectivity index (χ3n) is 3.22. The van der Waals surface area contributed by atoms with E-state index in [1.165, 1.54) is 19.3 Å². The minimum atomic E-state index is -0.147. The third-order valence-corrected chi connectivity index (χ3v) is 3.22. The van der Waals surface area contributed by atoms with E-state index in [9.17, 15) is 4.79 Å². The van der Waals surface area contributed by atoms with Gasteiger partial charge in [0.1, 0.15) is 5.78 Å². The van der Waals surface area contributed by atoms with E-state index in [1.54, 1.807) is 0 Å². The van der Waals surface area contributed by atoms with Crippen molar-refractivity contribution in [3.05, 3.63) is 12.2 Å². The highest BCUT2D eigenvalue weighted by molar-refractivity contribution is 5.84. The molecule has 0 N–H and O–H groups in total. The molecule has 0 saturated carbocycles. The van der Waals surface area contributed by atoms with Crippen LogP contribution < -0.4 is 0 Å². The number of hydrogen-bond donors (Lipinski definition) is 0. The van der Waals surface area contributed by atoms with E-state index in [2.05, 4.69) is 26.0 Å². The molecular weight excluding hydrogens is 160 g/mol. The molecule has 1 atom stereocenters. The quantitative estimate of drug-likeness (QED) is 0.609. The van der Waals surface area contributed by atoms with Crippen LogP contribution in [0.4, 0.5) is 0 Å². The fourth-order valence-electron chi connectivity index (χ4n) is 2.08. The van der Waals surface area contributed by atoms with Gasteiger partial charge in [-0.05, 0) is 25.2 Å². The second kappa shape index (κ2) is 4.08. The lowest BCUT2D eigenvalue weighted by atomic mass is 9.71. The monoisotopic (exact) mass is 180 g/mol. The zero-order valence-electron chi connectivity index (χ0n) is 8.97. The summed E-state index contributed by atoms with van der Waals surface area (Å²) >= 11 is 0. The molecule has 0 unspecified atom stereocenters. The van der Waals surface area contributed by atoms with E-state index in [0.29, 0.717) is 18.1 Å². The third kappa shape index (κ3) is 2.20. The number of allylic oxidation sites excluding steroid dienone is 2. The van der Waals surface area contributed by atoms with Crippen LogP contribution in [0.5, 0.6) is 0 Å². The van der Waals surface area contributed by atoms with Crippen molar-refractivity contribution in [2.24, 2.45) is 11.3 Å². The molecular formula is C12H20O. The summed E-state index contributed by atoms with van der Waals surface area (Å²) in [6.07, 6.45) is 8.72. The predicted molar refractivity (Wildman–Crippen MR) is 55.6 cm³/mol. The second-order valence-electron chi connectivity index (χ2n) is 4.46. The standard InChI is InChI=1S/C12H20O/c1-4-11(13)12(2,3)10-8-6-5-7-9-10/h6,8,10H,4-5,7,9H2,1-3H3/t10-/m1/s1. The predicted octanol–water partition coefficient (Wildman–Crippen LogP) is 3.35. The Morgan fingerprint density at radius 2 is 2.23 bits per heavy atom. The summed E-state index contributed by atoms with van der Waals surface area (Å²) in [5.74, 6) is 0.859. The fraction of sp³-hybridized carbons (Fsp3) is 0.750. The first-order chi connectivity index (χ1) is 6.09. The Morgan fingerprint density at radius 3 is 2.69 bits per heavy atom. The molecule has 0 fully saturated rings. The number of Topliss-reactive ketones (excluding diaryl/α,β-unsaturated/α-hetero) is 1. The Kier molecular flexibility index (Phi) is 3.29. The lowest BCUT2D eigenvalue weighted by Crippen LogP contribution is -2.32. The highest BCUT2D eigenvalue weighted by Gasteiger charge is 2.33. The van der Waals surface area contributed by atoms with Gasteiger partial charge in [0.25, 0.3) is 0 Å². The summed E-state index contributed by atoms with van der Waals surface area (Å²) in [6, 6.07) is 0. The van der Waals surface area contributed by atoms with E-state index in [0.717, 1.165) is 0 Å². The van der Waals surface area contributed by atoms with Gasteiger partial charge in [0.15, 0.2) is 0 Å². The average molecular weight is 180 g/mol. The molecule has 1 heteroatoms. The fourth-order valence-corrected chi connectivity index (χ4v) is 2.08. The largest absolute Gasteiger partial charge is 0.299 e. The van der Waals surface area contributed by atoms with Gasteiger partial charge in [-0.3, -0.25) is 4.79 Å². The molecule has 0 radical (unpaired) electrons. The van der Waals surface area contributed by atoms with Crippen LogP contribution in [0.1, 0.15) is 46.5 Å². The van der Waals surface area contributed by atoms with E-state index >= 15 is 0 Å². The Labute approximate surface area is 81.2 Å². The summed E-state index contributed by atoms with van der Waals surface area (Å²) in [5, 5.41) is 0. The molecule has 1 nitrogen and oxygen atoms in total. The Morgan fingerprint density at radius 1 is 1.54 bits per heavy atom. The molecule has 0 aromatic heterocycles. The van der Waals surface area contributed by atoms with Gasteiger partial charge in [-0.25, -0.2) is 0 Å². The van der Waals surface area contributed by atoms with Crippen molar-refractivity contribution in [2.45, 2.75) is 46.5 Å². The first-order valence-electron chi connectivity index (χ1n) is 5.29. The first kappa shape index (κ1) is 10.5. The lowest BCUT2D eigenvalue weighted by molar-refractivity contribution is -0.128. The van der Waals surface area contributed by atoms with Gasteiger partial charge < -0.3 is 0 Å². The minimum Gasteiger partial charge on any atom is -0.299 e. The highest BCUT2D eigenvalue weighted by atomic mass is 16.1. The first-order valence-corrected chi connectivity index (χ1v) is 5.29. The van der Waals surface area contributed by atoms with E-state index < -0.39 is 0 Å². The summed E-state index contributed by atoms with van der Waals surface area (Å²) in [6.45, 7) is 6.12. The van der Waals surface area contributed by atoms with Crippen molar-refractivity contribution >= 4 is 5.78 Å². The van der Waals surface area contributed by atoms with Gasteiger partial charge >= 0.3 is 0 Å². The average Bonchev–Trinajstić information content (AvgIpc) is 2.18. The molecule has 74 valence electrons. The van der Waals surface area contributed by atoms with Crippen molar-refractivity contribution in [2.75, 3.05) is 0 Å². The number of carbonyl (C=O) groups excluding carboxylic acids is 1. The maximum absolute atomic E-state index is 11.7. The maximum atomic E-state index is 11.7. The molecule has 1 aliphatic rings. The summed E-state index contributed by atoms with van der Waals surface area (Å²) in [5.41, 5.74) is -0.147. The van der Waals surface area contributed by atoms with Gasteiger partial charge in [-0.15, -0.1) is 0 Å². The Hall–Kier alpha value is -0.590. The van der Waals surface area contributed by atoms with Crippen molar-refractivity contribution in [1.29, 1.82) is 0 Å². The van der Waals surface area contributed by atoms with Crippen LogP contribution in [0.3, 0.4) is 0 Å². The van der Waals surface area contributed by atoms with Gasteiger partial charge in [0.05, 0.1) is 0 Å². The number of carbonyl (C=O) groups is 1. The molecule has 13 heavy (non-hydrogen) atoms. The molecule has 0 aromatic carbocycles. The van der Waals surface area contributed by atoms with Crippen LogP contribution in [0.15, 0.2) is 12.2 Å². The van der Waals surface area contributed by atoms with Gasteiger partial charge in [0.2, 0.25) is 0 Å². The summed E-state index contributed by atoms with van der Waals surface area (Å²) < 4.78 is 0. The van der Waals surface area contributed by atoms with E-state index in [1.807, 2.05) is 6.92 Å². The van der Waals surface area contributed by atoms with Crippen molar-refractivity contribution in [3.63, 3.8) is 0 Å². The maximum Gasteiger partial charge on any atom is 0.138 e. The molecule has 0 aliphatic heterocycles. The van der Waals surface area contributed by atoms with Gasteiger partial charge in [0, 0.05) is 11.8 Å². The zero-order chi connectivity index (χ0) is 9.90. The van der Waals surface area contributed by atoms with Crippen LogP contribution in [0, 0.1) is 11.3 Å². The topological polar surface area (TPSA) is 17.1 Å². The smallest absolute Gasteiger partial charge is 0.138 e. The lowest BCUT2D eigenvalue weighted by Gasteiger charge is -2.32. The van der Waals surface area contributed by atoms with Crippen molar-refractivity contribution < 1.29 is 4.79 Å². The molecule has 0 spiro atoms. The van der Waals surface area contributed by atoms with Gasteiger partial charge in [-0.1, -0.05) is 32.9 Å². The summed E-state index contributed by atoms with van der Waals surface area (Å²) in [4.78, 5) is 11.7. The molecule has 0 saturated heterocycles. The van der Waals surface area contributed by atoms with Crippen LogP contribution in [-0.2, 0) is 4.79 Å². The molecule has 1 rings (SSSR count). The second-order valence-corrected chi connectivity index (χ2v) is 4.46.